The van der Waals surface area contributed by atoms with Crippen LogP contribution >= 0.6 is 0 Å². The molecule has 5 heteroatoms. The van der Waals surface area contributed by atoms with Gasteiger partial charge in [0.1, 0.15) is 23.3 Å². The number of halogens is 2. The van der Waals surface area contributed by atoms with E-state index in [1.807, 2.05) is 0 Å². The monoisotopic (exact) mass is 235 g/mol. The summed E-state index contributed by atoms with van der Waals surface area (Å²) < 4.78 is 26.4. The number of aryl methyl sites for hydroxylation is 1. The Morgan fingerprint density at radius 3 is 2.53 bits per heavy atom. The SMILES string of the molecule is CNc1cc(-c2ccc(F)cc2F)nc(C)n1. The van der Waals surface area contributed by atoms with Gasteiger partial charge in [-0.25, -0.2) is 18.7 Å². The zero-order valence-corrected chi connectivity index (χ0v) is 9.46. The standard InChI is InChI=1S/C12H11F2N3/c1-7-16-11(6-12(15-2)17-7)9-4-3-8(13)5-10(9)14/h3-6H,1-2H3,(H,15,16,17). The van der Waals surface area contributed by atoms with Crippen LogP contribution in [0.4, 0.5) is 14.6 Å². The topological polar surface area (TPSA) is 37.8 Å². The molecule has 0 aliphatic carbocycles. The van der Waals surface area contributed by atoms with Crippen LogP contribution in [0.15, 0.2) is 24.3 Å². The van der Waals surface area contributed by atoms with Crippen LogP contribution in [0.1, 0.15) is 5.82 Å². The largest absolute Gasteiger partial charge is 0.373 e. The fourth-order valence-electron chi connectivity index (χ4n) is 1.53. The number of hydrogen-bond donors (Lipinski definition) is 1. The third-order valence-corrected chi connectivity index (χ3v) is 2.30. The fraction of sp³-hybridized carbons (Fsp3) is 0.167. The summed E-state index contributed by atoms with van der Waals surface area (Å²) in [5.74, 6) is -0.122. The molecule has 0 amide bonds. The van der Waals surface area contributed by atoms with Crippen molar-refractivity contribution in [2.24, 2.45) is 0 Å². The Morgan fingerprint density at radius 1 is 1.12 bits per heavy atom. The summed E-state index contributed by atoms with van der Waals surface area (Å²) in [6.07, 6.45) is 0. The smallest absolute Gasteiger partial charge is 0.135 e. The molecule has 0 atom stereocenters. The molecule has 0 aliphatic rings. The highest BCUT2D eigenvalue weighted by Crippen LogP contribution is 2.23. The molecule has 17 heavy (non-hydrogen) atoms. The summed E-state index contributed by atoms with van der Waals surface area (Å²) in [5.41, 5.74) is 0.688. The normalized spacial score (nSPS) is 10.4. The molecule has 0 radical (unpaired) electrons. The lowest BCUT2D eigenvalue weighted by Gasteiger charge is -2.06. The first-order valence-corrected chi connectivity index (χ1v) is 5.09. The minimum Gasteiger partial charge on any atom is -0.373 e. The highest BCUT2D eigenvalue weighted by molar-refractivity contribution is 5.63. The van der Waals surface area contributed by atoms with Crippen molar-refractivity contribution in [2.75, 3.05) is 12.4 Å². The van der Waals surface area contributed by atoms with E-state index < -0.39 is 11.6 Å². The fourth-order valence-corrected chi connectivity index (χ4v) is 1.53. The molecule has 1 heterocycles. The summed E-state index contributed by atoms with van der Waals surface area (Å²) >= 11 is 0. The number of hydrogen-bond acceptors (Lipinski definition) is 3. The van der Waals surface area contributed by atoms with Gasteiger partial charge in [0.25, 0.3) is 0 Å². The first-order chi connectivity index (χ1) is 8.10. The van der Waals surface area contributed by atoms with Crippen LogP contribution in [0, 0.1) is 18.6 Å². The van der Waals surface area contributed by atoms with Crippen LogP contribution in [0.25, 0.3) is 11.3 Å². The molecule has 2 rings (SSSR count). The third kappa shape index (κ3) is 2.38. The van der Waals surface area contributed by atoms with Crippen LogP contribution in [0.2, 0.25) is 0 Å². The highest BCUT2D eigenvalue weighted by atomic mass is 19.1. The van der Waals surface area contributed by atoms with E-state index in [9.17, 15) is 8.78 Å². The van der Waals surface area contributed by atoms with Gasteiger partial charge in [0.15, 0.2) is 0 Å². The Kier molecular flexibility index (Phi) is 2.99. The van der Waals surface area contributed by atoms with E-state index in [-0.39, 0.29) is 5.56 Å². The van der Waals surface area contributed by atoms with Gasteiger partial charge in [-0.1, -0.05) is 0 Å². The van der Waals surface area contributed by atoms with Gasteiger partial charge in [-0.05, 0) is 19.1 Å². The van der Waals surface area contributed by atoms with Crippen molar-refractivity contribution < 1.29 is 8.78 Å². The Morgan fingerprint density at radius 2 is 1.88 bits per heavy atom. The van der Waals surface area contributed by atoms with Crippen molar-refractivity contribution in [3.8, 4) is 11.3 Å². The molecule has 1 aromatic heterocycles. The van der Waals surface area contributed by atoms with E-state index in [1.165, 1.54) is 12.1 Å². The lowest BCUT2D eigenvalue weighted by Crippen LogP contribution is -1.99. The zero-order valence-electron chi connectivity index (χ0n) is 9.46. The highest BCUT2D eigenvalue weighted by Gasteiger charge is 2.09. The van der Waals surface area contributed by atoms with Gasteiger partial charge in [-0.15, -0.1) is 0 Å². The van der Waals surface area contributed by atoms with Gasteiger partial charge in [0.2, 0.25) is 0 Å². The van der Waals surface area contributed by atoms with E-state index in [0.29, 0.717) is 17.3 Å². The molecule has 0 aliphatic heterocycles. The van der Waals surface area contributed by atoms with E-state index in [4.69, 9.17) is 0 Å². The maximum Gasteiger partial charge on any atom is 0.135 e. The summed E-state index contributed by atoms with van der Waals surface area (Å²) in [5, 5.41) is 2.86. The van der Waals surface area contributed by atoms with Crippen LogP contribution in [-0.4, -0.2) is 17.0 Å². The van der Waals surface area contributed by atoms with E-state index >= 15 is 0 Å². The second kappa shape index (κ2) is 4.45. The van der Waals surface area contributed by atoms with Crippen molar-refractivity contribution in [2.45, 2.75) is 6.92 Å². The average molecular weight is 235 g/mol. The molecular formula is C12H11F2N3. The van der Waals surface area contributed by atoms with Crippen LogP contribution in [-0.2, 0) is 0 Å². The van der Waals surface area contributed by atoms with Crippen molar-refractivity contribution in [1.82, 2.24) is 9.97 Å². The second-order valence-corrected chi connectivity index (χ2v) is 3.56. The first-order valence-electron chi connectivity index (χ1n) is 5.09. The minimum absolute atomic E-state index is 0.258. The number of rotatable bonds is 2. The molecule has 1 N–H and O–H groups in total. The maximum absolute atomic E-state index is 13.6. The Balaban J connectivity index is 2.55. The first kappa shape index (κ1) is 11.4. The number of nitrogens with zero attached hydrogens (tertiary/aromatic N) is 2. The van der Waals surface area contributed by atoms with Gasteiger partial charge < -0.3 is 5.32 Å². The van der Waals surface area contributed by atoms with Crippen molar-refractivity contribution in [3.63, 3.8) is 0 Å². The molecule has 0 bridgehead atoms. The lowest BCUT2D eigenvalue weighted by atomic mass is 10.1. The molecule has 3 nitrogen and oxygen atoms in total. The second-order valence-electron chi connectivity index (χ2n) is 3.56. The van der Waals surface area contributed by atoms with Crippen LogP contribution in [0.3, 0.4) is 0 Å². The minimum atomic E-state index is -0.634. The summed E-state index contributed by atoms with van der Waals surface area (Å²) in [6.45, 7) is 1.71. The maximum atomic E-state index is 13.6. The molecule has 0 fully saturated rings. The van der Waals surface area contributed by atoms with Crippen molar-refractivity contribution >= 4 is 5.82 Å². The molecule has 0 saturated heterocycles. The molecule has 88 valence electrons. The lowest BCUT2D eigenvalue weighted by molar-refractivity contribution is 0.585. The number of nitrogens with one attached hydrogen (secondary N) is 1. The van der Waals surface area contributed by atoms with Gasteiger partial charge in [-0.3, -0.25) is 0 Å². The van der Waals surface area contributed by atoms with Gasteiger partial charge in [0, 0.05) is 24.7 Å². The van der Waals surface area contributed by atoms with E-state index in [2.05, 4.69) is 15.3 Å². The van der Waals surface area contributed by atoms with E-state index in [0.717, 1.165) is 6.07 Å². The van der Waals surface area contributed by atoms with Gasteiger partial charge >= 0.3 is 0 Å². The molecule has 2 aromatic rings. The van der Waals surface area contributed by atoms with Crippen LogP contribution < -0.4 is 5.32 Å². The number of aromatic nitrogens is 2. The summed E-state index contributed by atoms with van der Waals surface area (Å²) in [4.78, 5) is 8.24. The number of benzene rings is 1. The van der Waals surface area contributed by atoms with Crippen LogP contribution in [0.5, 0.6) is 0 Å². The predicted octanol–water partition coefficient (Wildman–Crippen LogP) is 2.77. The summed E-state index contributed by atoms with van der Waals surface area (Å²) in [7, 11) is 1.71. The van der Waals surface area contributed by atoms with Gasteiger partial charge in [-0.2, -0.15) is 0 Å². The Labute approximate surface area is 97.5 Å². The zero-order chi connectivity index (χ0) is 12.4. The summed E-state index contributed by atoms with van der Waals surface area (Å²) in [6, 6.07) is 5.02. The Bertz CT molecular complexity index is 555. The van der Waals surface area contributed by atoms with Gasteiger partial charge in [0.05, 0.1) is 5.69 Å². The molecule has 1 aromatic carbocycles. The average Bonchev–Trinajstić information content (AvgIpc) is 2.28. The quantitative estimate of drug-likeness (QED) is 0.869. The molecule has 0 spiro atoms. The molecule has 0 unspecified atom stereocenters. The number of anilines is 1. The van der Waals surface area contributed by atoms with Crippen molar-refractivity contribution in [3.05, 3.63) is 41.7 Å². The third-order valence-electron chi connectivity index (χ3n) is 2.30. The van der Waals surface area contributed by atoms with Crippen molar-refractivity contribution in [1.29, 1.82) is 0 Å². The predicted molar refractivity (Wildman–Crippen MR) is 61.7 cm³/mol. The Hall–Kier alpha value is -2.04. The molecular weight excluding hydrogens is 224 g/mol. The molecule has 0 saturated carbocycles. The van der Waals surface area contributed by atoms with E-state index in [1.54, 1.807) is 20.0 Å².